The molecule has 0 saturated carbocycles. The van der Waals surface area contributed by atoms with E-state index in [0.717, 1.165) is 40.1 Å². The third-order valence-electron chi connectivity index (χ3n) is 3.88. The van der Waals surface area contributed by atoms with E-state index in [1.807, 2.05) is 36.4 Å². The molecule has 0 aromatic heterocycles. The second-order valence-electron chi connectivity index (χ2n) is 5.39. The quantitative estimate of drug-likeness (QED) is 0.943. The molecule has 3 rings (SSSR count). The number of Topliss-reactive ketones (excluding diaryl/α,β-unsaturated/α-hetero) is 1. The molecule has 4 heteroatoms. The highest BCUT2D eigenvalue weighted by Crippen LogP contribution is 2.35. The number of nitrogens with one attached hydrogen (secondary N) is 1. The number of carbonyl (C=O) groups is 2. The Labute approximate surface area is 129 Å². The van der Waals surface area contributed by atoms with Crippen molar-refractivity contribution in [2.45, 2.75) is 19.8 Å². The van der Waals surface area contributed by atoms with Gasteiger partial charge in [0.1, 0.15) is 5.75 Å². The summed E-state index contributed by atoms with van der Waals surface area (Å²) in [5, 5.41) is 2.86. The van der Waals surface area contributed by atoms with Crippen LogP contribution in [-0.2, 0) is 11.2 Å². The second kappa shape index (κ2) is 5.64. The van der Waals surface area contributed by atoms with Crippen LogP contribution in [0.3, 0.4) is 0 Å². The van der Waals surface area contributed by atoms with E-state index < -0.39 is 0 Å². The van der Waals surface area contributed by atoms with Gasteiger partial charge >= 0.3 is 0 Å². The lowest BCUT2D eigenvalue weighted by Crippen LogP contribution is -2.08. The van der Waals surface area contributed by atoms with E-state index in [-0.39, 0.29) is 11.7 Å². The SMILES string of the molecule is COc1ccc(-c2cc3c(cc2NC(C)=O)CCC3=O)cc1. The highest BCUT2D eigenvalue weighted by molar-refractivity contribution is 6.04. The van der Waals surface area contributed by atoms with E-state index >= 15 is 0 Å². The molecule has 2 aromatic rings. The summed E-state index contributed by atoms with van der Waals surface area (Å²) in [6.45, 7) is 1.48. The van der Waals surface area contributed by atoms with Gasteiger partial charge in [0.2, 0.25) is 5.91 Å². The Kier molecular flexibility index (Phi) is 3.67. The maximum Gasteiger partial charge on any atom is 0.221 e. The van der Waals surface area contributed by atoms with Gasteiger partial charge in [0, 0.05) is 30.2 Å². The molecule has 22 heavy (non-hydrogen) atoms. The van der Waals surface area contributed by atoms with Gasteiger partial charge in [-0.05, 0) is 41.8 Å². The molecule has 0 radical (unpaired) electrons. The first-order valence-electron chi connectivity index (χ1n) is 7.20. The van der Waals surface area contributed by atoms with Crippen molar-refractivity contribution in [1.82, 2.24) is 0 Å². The van der Waals surface area contributed by atoms with Crippen molar-refractivity contribution < 1.29 is 14.3 Å². The van der Waals surface area contributed by atoms with E-state index in [9.17, 15) is 9.59 Å². The van der Waals surface area contributed by atoms with E-state index in [1.54, 1.807) is 7.11 Å². The summed E-state index contributed by atoms with van der Waals surface area (Å²) < 4.78 is 5.17. The van der Waals surface area contributed by atoms with Gasteiger partial charge < -0.3 is 10.1 Å². The van der Waals surface area contributed by atoms with Crippen LogP contribution in [0.25, 0.3) is 11.1 Å². The van der Waals surface area contributed by atoms with Gasteiger partial charge in [0.05, 0.1) is 7.11 Å². The molecule has 0 atom stereocenters. The highest BCUT2D eigenvalue weighted by atomic mass is 16.5. The maximum absolute atomic E-state index is 12.0. The molecular formula is C18H17NO3. The zero-order valence-corrected chi connectivity index (χ0v) is 12.6. The largest absolute Gasteiger partial charge is 0.497 e. The fraction of sp³-hybridized carbons (Fsp3) is 0.222. The third kappa shape index (κ3) is 2.60. The van der Waals surface area contributed by atoms with E-state index in [1.165, 1.54) is 6.92 Å². The van der Waals surface area contributed by atoms with Crippen molar-refractivity contribution in [3.8, 4) is 16.9 Å². The van der Waals surface area contributed by atoms with E-state index in [2.05, 4.69) is 5.32 Å². The second-order valence-corrected chi connectivity index (χ2v) is 5.39. The average Bonchev–Trinajstić information content (AvgIpc) is 2.87. The smallest absolute Gasteiger partial charge is 0.221 e. The van der Waals surface area contributed by atoms with Gasteiger partial charge in [-0.2, -0.15) is 0 Å². The van der Waals surface area contributed by atoms with Crippen LogP contribution in [0.2, 0.25) is 0 Å². The lowest BCUT2D eigenvalue weighted by molar-refractivity contribution is -0.114. The van der Waals surface area contributed by atoms with Crippen molar-refractivity contribution in [2.75, 3.05) is 12.4 Å². The van der Waals surface area contributed by atoms with Gasteiger partial charge in [-0.15, -0.1) is 0 Å². The maximum atomic E-state index is 12.0. The van der Waals surface area contributed by atoms with Crippen LogP contribution in [0.4, 0.5) is 5.69 Å². The fourth-order valence-corrected chi connectivity index (χ4v) is 2.80. The number of hydrogen-bond acceptors (Lipinski definition) is 3. The zero-order chi connectivity index (χ0) is 15.7. The van der Waals surface area contributed by atoms with Crippen LogP contribution < -0.4 is 10.1 Å². The number of anilines is 1. The molecule has 1 amide bonds. The van der Waals surface area contributed by atoms with Gasteiger partial charge in [-0.3, -0.25) is 9.59 Å². The Morgan fingerprint density at radius 3 is 2.45 bits per heavy atom. The first-order valence-corrected chi connectivity index (χ1v) is 7.20. The zero-order valence-electron chi connectivity index (χ0n) is 12.6. The summed E-state index contributed by atoms with van der Waals surface area (Å²) in [6, 6.07) is 11.4. The molecule has 0 heterocycles. The predicted molar refractivity (Wildman–Crippen MR) is 85.4 cm³/mol. The molecule has 0 spiro atoms. The van der Waals surface area contributed by atoms with Crippen LogP contribution in [0.5, 0.6) is 5.75 Å². The highest BCUT2D eigenvalue weighted by Gasteiger charge is 2.22. The molecule has 1 N–H and O–H groups in total. The topological polar surface area (TPSA) is 55.4 Å². The van der Waals surface area contributed by atoms with Gasteiger partial charge in [0.15, 0.2) is 5.78 Å². The van der Waals surface area contributed by atoms with Crippen molar-refractivity contribution in [3.05, 3.63) is 47.5 Å². The summed E-state index contributed by atoms with van der Waals surface area (Å²) in [4.78, 5) is 23.4. The fourth-order valence-electron chi connectivity index (χ4n) is 2.80. The van der Waals surface area contributed by atoms with Gasteiger partial charge in [-0.1, -0.05) is 12.1 Å². The summed E-state index contributed by atoms with van der Waals surface area (Å²) in [7, 11) is 1.62. The summed E-state index contributed by atoms with van der Waals surface area (Å²) >= 11 is 0. The number of ketones is 1. The summed E-state index contributed by atoms with van der Waals surface area (Å²) in [5.41, 5.74) is 4.30. The molecule has 1 aliphatic rings. The number of benzene rings is 2. The Balaban J connectivity index is 2.12. The minimum atomic E-state index is -0.126. The predicted octanol–water partition coefficient (Wildman–Crippen LogP) is 3.45. The molecule has 0 saturated heterocycles. The van der Waals surface area contributed by atoms with Crippen LogP contribution in [0.15, 0.2) is 36.4 Å². The van der Waals surface area contributed by atoms with Crippen molar-refractivity contribution >= 4 is 17.4 Å². The normalized spacial score (nSPS) is 12.9. The summed E-state index contributed by atoms with van der Waals surface area (Å²) in [6.07, 6.45) is 1.28. The molecule has 0 fully saturated rings. The number of fused-ring (bicyclic) bond motifs is 1. The van der Waals surface area contributed by atoms with Gasteiger partial charge in [0.25, 0.3) is 0 Å². The van der Waals surface area contributed by atoms with Crippen LogP contribution in [0, 0.1) is 0 Å². The molecule has 112 valence electrons. The minimum absolute atomic E-state index is 0.126. The number of methoxy groups -OCH3 is 1. The molecule has 1 aliphatic carbocycles. The molecule has 4 nitrogen and oxygen atoms in total. The van der Waals surface area contributed by atoms with Crippen LogP contribution >= 0.6 is 0 Å². The van der Waals surface area contributed by atoms with Crippen molar-refractivity contribution in [3.63, 3.8) is 0 Å². The molecule has 0 bridgehead atoms. The monoisotopic (exact) mass is 295 g/mol. The van der Waals surface area contributed by atoms with Crippen LogP contribution in [-0.4, -0.2) is 18.8 Å². The third-order valence-corrected chi connectivity index (χ3v) is 3.88. The average molecular weight is 295 g/mol. The molecule has 0 unspecified atom stereocenters. The first-order chi connectivity index (χ1) is 10.6. The van der Waals surface area contributed by atoms with E-state index in [0.29, 0.717) is 6.42 Å². The lowest BCUT2D eigenvalue weighted by atomic mass is 9.98. The minimum Gasteiger partial charge on any atom is -0.497 e. The summed E-state index contributed by atoms with van der Waals surface area (Å²) in [5.74, 6) is 0.806. The Bertz CT molecular complexity index is 748. The number of hydrogen-bond donors (Lipinski definition) is 1. The number of ether oxygens (including phenoxy) is 1. The number of carbonyl (C=O) groups excluding carboxylic acids is 2. The molecule has 0 aliphatic heterocycles. The number of aryl methyl sites for hydroxylation is 1. The Morgan fingerprint density at radius 1 is 1.09 bits per heavy atom. The Morgan fingerprint density at radius 2 is 1.82 bits per heavy atom. The van der Waals surface area contributed by atoms with Gasteiger partial charge in [-0.25, -0.2) is 0 Å². The molecule has 2 aromatic carbocycles. The van der Waals surface area contributed by atoms with Crippen molar-refractivity contribution in [1.29, 1.82) is 0 Å². The first kappa shape index (κ1) is 14.3. The van der Waals surface area contributed by atoms with Crippen molar-refractivity contribution in [2.24, 2.45) is 0 Å². The van der Waals surface area contributed by atoms with Crippen LogP contribution in [0.1, 0.15) is 29.3 Å². The number of amides is 1. The lowest BCUT2D eigenvalue weighted by Gasteiger charge is -2.13. The van der Waals surface area contributed by atoms with E-state index in [4.69, 9.17) is 4.74 Å². The standard InChI is InChI=1S/C18H17NO3/c1-11(20)19-17-9-13-5-8-18(21)16(13)10-15(17)12-3-6-14(22-2)7-4-12/h3-4,6-7,9-10H,5,8H2,1-2H3,(H,19,20). The Hall–Kier alpha value is -2.62. The molecular weight excluding hydrogens is 278 g/mol. The number of rotatable bonds is 3.